The van der Waals surface area contributed by atoms with Crippen LogP contribution in [-0.4, -0.2) is 57.7 Å². The van der Waals surface area contributed by atoms with Gasteiger partial charge in [0.2, 0.25) is 0 Å². The van der Waals surface area contributed by atoms with E-state index in [1.54, 1.807) is 18.3 Å². The van der Waals surface area contributed by atoms with Crippen molar-refractivity contribution in [2.24, 2.45) is 5.10 Å². The van der Waals surface area contributed by atoms with Crippen LogP contribution in [0.2, 0.25) is 0 Å². The van der Waals surface area contributed by atoms with Gasteiger partial charge in [0.25, 0.3) is 5.91 Å². The predicted octanol–water partition coefficient (Wildman–Crippen LogP) is 3.70. The average Bonchev–Trinajstić information content (AvgIpc) is 3.12. The van der Waals surface area contributed by atoms with Gasteiger partial charge in [-0.3, -0.25) is 4.79 Å². The third kappa shape index (κ3) is 5.38. The number of para-hydroxylation sites is 2. The fourth-order valence-corrected chi connectivity index (χ4v) is 3.68. The van der Waals surface area contributed by atoms with Crippen LogP contribution in [0.4, 0.5) is 5.82 Å². The Labute approximate surface area is 208 Å². The number of nitrogens with one attached hydrogen (secondary N) is 1. The van der Waals surface area contributed by atoms with Crippen molar-refractivity contribution >= 4 is 40.1 Å². The minimum absolute atomic E-state index is 0.0371. The molecule has 188 valence electrons. The lowest BCUT2D eigenvalue weighted by atomic mass is 10.2. The molecule has 4 rings (SSSR count). The maximum atomic E-state index is 13.1. The van der Waals surface area contributed by atoms with Gasteiger partial charge in [0.1, 0.15) is 16.9 Å². The van der Waals surface area contributed by atoms with Crippen molar-refractivity contribution in [2.75, 3.05) is 25.5 Å². The zero-order chi connectivity index (χ0) is 25.7. The zero-order valence-corrected chi connectivity index (χ0v) is 20.6. The molecule has 0 saturated heterocycles. The normalized spacial score (nSPS) is 11.7. The van der Waals surface area contributed by atoms with Crippen LogP contribution >= 0.6 is 0 Å². The first-order valence-corrected chi connectivity index (χ1v) is 11.9. The number of rotatable bonds is 10. The summed E-state index contributed by atoms with van der Waals surface area (Å²) in [5.74, 6) is 0.147. The molecule has 2 aromatic heterocycles. The Bertz CT molecular complexity index is 1410. The molecular formula is C26H30N6O4. The van der Waals surface area contributed by atoms with Crippen LogP contribution in [-0.2, 0) is 4.74 Å². The Kier molecular flexibility index (Phi) is 7.65. The highest BCUT2D eigenvalue weighted by molar-refractivity contribution is 6.10. The lowest BCUT2D eigenvalue weighted by Gasteiger charge is -2.08. The summed E-state index contributed by atoms with van der Waals surface area (Å²) in [6.07, 6.45) is 2.35. The fourth-order valence-electron chi connectivity index (χ4n) is 3.68. The number of benzene rings is 2. The van der Waals surface area contributed by atoms with E-state index in [1.165, 1.54) is 10.7 Å². The van der Waals surface area contributed by atoms with Gasteiger partial charge in [-0.2, -0.15) is 9.78 Å². The van der Waals surface area contributed by atoms with Gasteiger partial charge in [-0.1, -0.05) is 12.1 Å². The molecule has 0 unspecified atom stereocenters. The lowest BCUT2D eigenvalue weighted by molar-refractivity contribution is 0.0757. The minimum Gasteiger partial charge on any atom is -0.504 e. The molecule has 0 radical (unpaired) electrons. The molecule has 4 N–H and O–H groups in total. The quantitative estimate of drug-likeness (QED) is 0.228. The van der Waals surface area contributed by atoms with Crippen LogP contribution in [0.5, 0.6) is 11.5 Å². The van der Waals surface area contributed by atoms with Crippen LogP contribution in [0.1, 0.15) is 43.1 Å². The van der Waals surface area contributed by atoms with E-state index in [2.05, 4.69) is 20.4 Å². The van der Waals surface area contributed by atoms with E-state index in [0.717, 1.165) is 0 Å². The maximum Gasteiger partial charge on any atom is 0.257 e. The summed E-state index contributed by atoms with van der Waals surface area (Å²) in [6, 6.07) is 12.3. The molecule has 0 aliphatic heterocycles. The smallest absolute Gasteiger partial charge is 0.257 e. The maximum absolute atomic E-state index is 13.1. The predicted molar refractivity (Wildman–Crippen MR) is 140 cm³/mol. The molecule has 4 aromatic rings. The molecule has 0 atom stereocenters. The number of nitrogen functional groups attached to an aromatic ring is 1. The van der Waals surface area contributed by atoms with Crippen molar-refractivity contribution < 1.29 is 19.4 Å². The van der Waals surface area contributed by atoms with Gasteiger partial charge in [-0.05, 0) is 63.1 Å². The van der Waals surface area contributed by atoms with Gasteiger partial charge < -0.3 is 25.6 Å². The largest absolute Gasteiger partial charge is 0.504 e. The van der Waals surface area contributed by atoms with Crippen molar-refractivity contribution in [3.05, 3.63) is 53.6 Å². The molecule has 0 saturated carbocycles. The number of aromatic nitrogens is 3. The SMILES string of the molecule is CCOc1cc(/C=N/n2c(N)c(C(=O)NCCCOC(C)C)c3nc4ccccc4nc32)ccc1O. The number of carbonyl (C=O) groups is 1. The molecule has 2 heterocycles. The fraction of sp³-hybridized carbons (Fsp3) is 0.308. The van der Waals surface area contributed by atoms with Gasteiger partial charge in [-0.25, -0.2) is 9.97 Å². The highest BCUT2D eigenvalue weighted by atomic mass is 16.5. The van der Waals surface area contributed by atoms with E-state index in [1.807, 2.05) is 45.0 Å². The summed E-state index contributed by atoms with van der Waals surface area (Å²) in [5, 5.41) is 17.4. The van der Waals surface area contributed by atoms with E-state index in [-0.39, 0.29) is 29.1 Å². The Morgan fingerprint density at radius 1 is 1.22 bits per heavy atom. The van der Waals surface area contributed by atoms with Crippen molar-refractivity contribution in [2.45, 2.75) is 33.3 Å². The number of carbonyl (C=O) groups excluding carboxylic acids is 1. The number of anilines is 1. The van der Waals surface area contributed by atoms with Crippen molar-refractivity contribution in [3.8, 4) is 11.5 Å². The lowest BCUT2D eigenvalue weighted by Crippen LogP contribution is -2.26. The average molecular weight is 491 g/mol. The molecule has 1 amide bonds. The third-order valence-electron chi connectivity index (χ3n) is 5.36. The highest BCUT2D eigenvalue weighted by Gasteiger charge is 2.24. The first-order chi connectivity index (χ1) is 17.4. The first kappa shape index (κ1) is 24.9. The number of amides is 1. The number of nitrogens with two attached hydrogens (primary N) is 1. The number of phenols is 1. The second kappa shape index (κ2) is 11.0. The van der Waals surface area contributed by atoms with E-state index < -0.39 is 0 Å². The summed E-state index contributed by atoms with van der Waals surface area (Å²) in [5.41, 5.74) is 9.34. The van der Waals surface area contributed by atoms with Gasteiger partial charge in [0.15, 0.2) is 17.1 Å². The third-order valence-corrected chi connectivity index (χ3v) is 5.36. The van der Waals surface area contributed by atoms with Gasteiger partial charge in [-0.15, -0.1) is 0 Å². The van der Waals surface area contributed by atoms with Crippen LogP contribution in [0, 0.1) is 0 Å². The van der Waals surface area contributed by atoms with Crippen molar-refractivity contribution in [1.29, 1.82) is 0 Å². The summed E-state index contributed by atoms with van der Waals surface area (Å²) in [7, 11) is 0. The van der Waals surface area contributed by atoms with E-state index in [9.17, 15) is 9.90 Å². The minimum atomic E-state index is -0.358. The first-order valence-electron chi connectivity index (χ1n) is 11.9. The molecule has 0 fully saturated rings. The molecule has 0 spiro atoms. The number of hydrogen-bond donors (Lipinski definition) is 3. The van der Waals surface area contributed by atoms with Crippen molar-refractivity contribution in [3.63, 3.8) is 0 Å². The standard InChI is InChI=1S/C26H30N6O4/c1-4-35-21-14-17(10-11-20(21)33)15-29-32-24(27)22(26(34)28-12-7-13-36-16(2)3)23-25(32)31-19-9-6-5-8-18(19)30-23/h5-6,8-11,14-16,33H,4,7,12-13,27H2,1-3H3,(H,28,34)/b29-15+. The van der Waals surface area contributed by atoms with Gasteiger partial charge >= 0.3 is 0 Å². The van der Waals surface area contributed by atoms with Crippen LogP contribution < -0.4 is 15.8 Å². The van der Waals surface area contributed by atoms with Gasteiger partial charge in [0.05, 0.1) is 30.0 Å². The number of ether oxygens (including phenoxy) is 2. The molecule has 0 aliphatic rings. The number of aromatic hydroxyl groups is 1. The topological polar surface area (TPSA) is 137 Å². The van der Waals surface area contributed by atoms with E-state index in [4.69, 9.17) is 15.2 Å². The Hall–Kier alpha value is -4.18. The van der Waals surface area contributed by atoms with E-state index in [0.29, 0.717) is 59.7 Å². The van der Waals surface area contributed by atoms with Gasteiger partial charge in [0, 0.05) is 13.2 Å². The number of fused-ring (bicyclic) bond motifs is 2. The second-order valence-corrected chi connectivity index (χ2v) is 8.39. The second-order valence-electron chi connectivity index (χ2n) is 8.39. The molecule has 36 heavy (non-hydrogen) atoms. The number of phenolic OH excluding ortho intramolecular Hbond substituents is 1. The number of nitrogens with zero attached hydrogens (tertiary/aromatic N) is 4. The zero-order valence-electron chi connectivity index (χ0n) is 20.6. The molecule has 2 aromatic carbocycles. The Balaban J connectivity index is 1.71. The van der Waals surface area contributed by atoms with Crippen LogP contribution in [0.3, 0.4) is 0 Å². The van der Waals surface area contributed by atoms with E-state index >= 15 is 0 Å². The summed E-state index contributed by atoms with van der Waals surface area (Å²) < 4.78 is 12.4. The highest BCUT2D eigenvalue weighted by Crippen LogP contribution is 2.29. The molecule has 0 aliphatic carbocycles. The van der Waals surface area contributed by atoms with Crippen LogP contribution in [0.25, 0.3) is 22.2 Å². The molecular weight excluding hydrogens is 460 g/mol. The summed E-state index contributed by atoms with van der Waals surface area (Å²) in [6.45, 7) is 7.14. The molecule has 10 nitrogen and oxygen atoms in total. The summed E-state index contributed by atoms with van der Waals surface area (Å²) >= 11 is 0. The van der Waals surface area contributed by atoms with Crippen molar-refractivity contribution in [1.82, 2.24) is 20.0 Å². The molecule has 10 heteroatoms. The monoisotopic (exact) mass is 490 g/mol. The van der Waals surface area contributed by atoms with Crippen LogP contribution in [0.15, 0.2) is 47.6 Å². The Morgan fingerprint density at radius 2 is 1.97 bits per heavy atom. The molecule has 0 bridgehead atoms. The Morgan fingerprint density at radius 3 is 2.69 bits per heavy atom. The summed E-state index contributed by atoms with van der Waals surface area (Å²) in [4.78, 5) is 22.5. The number of hydrogen-bond acceptors (Lipinski definition) is 8.